The molecule has 1 aromatic heterocycles. The molecule has 6 heteroatoms. The molecule has 24 heavy (non-hydrogen) atoms. The van der Waals surface area contributed by atoms with Crippen LogP contribution in [0.25, 0.3) is 0 Å². The number of hydrogen-bond donors (Lipinski definition) is 1. The molecule has 6 nitrogen and oxygen atoms in total. The lowest BCUT2D eigenvalue weighted by molar-refractivity contribution is -0.134. The van der Waals surface area contributed by atoms with Crippen molar-refractivity contribution in [2.75, 3.05) is 6.54 Å². The van der Waals surface area contributed by atoms with E-state index in [4.69, 9.17) is 9.15 Å². The standard InChI is InChI=1S/C18H28N2O4/c1-12-10-14(19-17(22)24-18(3,4)5)8-9-20(12)16(21)11-15-7-6-13(2)23-15/h6-7,12,14H,8-11H2,1-5H3,(H,19,22)/t12-,14+/m1/s1. The number of furan rings is 1. The molecular weight excluding hydrogens is 308 g/mol. The Labute approximate surface area is 143 Å². The molecule has 1 aromatic rings. The minimum Gasteiger partial charge on any atom is -0.466 e. The zero-order chi connectivity index (χ0) is 17.9. The summed E-state index contributed by atoms with van der Waals surface area (Å²) in [5.41, 5.74) is -0.506. The van der Waals surface area contributed by atoms with E-state index in [9.17, 15) is 9.59 Å². The lowest BCUT2D eigenvalue weighted by atomic mass is 9.98. The molecule has 2 rings (SSSR count). The quantitative estimate of drug-likeness (QED) is 0.921. The van der Waals surface area contributed by atoms with Gasteiger partial charge in [-0.2, -0.15) is 0 Å². The van der Waals surface area contributed by atoms with Gasteiger partial charge in [-0.1, -0.05) is 0 Å². The summed E-state index contributed by atoms with van der Waals surface area (Å²) in [6.07, 6.45) is 1.34. The Morgan fingerprint density at radius 1 is 1.38 bits per heavy atom. The second kappa shape index (κ2) is 7.28. The minimum atomic E-state index is -0.506. The zero-order valence-electron chi connectivity index (χ0n) is 15.2. The maximum absolute atomic E-state index is 12.5. The van der Waals surface area contributed by atoms with Gasteiger partial charge >= 0.3 is 6.09 Å². The molecule has 0 bridgehead atoms. The van der Waals surface area contributed by atoms with E-state index in [0.717, 1.165) is 18.6 Å². The van der Waals surface area contributed by atoms with E-state index in [1.54, 1.807) is 0 Å². The van der Waals surface area contributed by atoms with Crippen LogP contribution in [0.1, 0.15) is 52.1 Å². The first-order chi connectivity index (χ1) is 11.1. The molecule has 1 saturated heterocycles. The number of amides is 2. The van der Waals surface area contributed by atoms with E-state index < -0.39 is 11.7 Å². The number of nitrogens with one attached hydrogen (secondary N) is 1. The zero-order valence-corrected chi connectivity index (χ0v) is 15.2. The molecule has 0 saturated carbocycles. The second-order valence-electron chi connectivity index (χ2n) is 7.49. The summed E-state index contributed by atoms with van der Waals surface area (Å²) < 4.78 is 10.8. The first-order valence-corrected chi connectivity index (χ1v) is 8.48. The third kappa shape index (κ3) is 5.28. The maximum Gasteiger partial charge on any atom is 0.407 e. The molecule has 2 heterocycles. The highest BCUT2D eigenvalue weighted by Crippen LogP contribution is 2.20. The van der Waals surface area contributed by atoms with Crippen molar-refractivity contribution >= 4 is 12.0 Å². The average molecular weight is 336 g/mol. The fourth-order valence-corrected chi connectivity index (χ4v) is 2.98. The number of alkyl carbamates (subject to hydrolysis) is 1. The van der Waals surface area contributed by atoms with Crippen LogP contribution in [0, 0.1) is 6.92 Å². The van der Waals surface area contributed by atoms with E-state index in [1.807, 2.05) is 51.7 Å². The summed E-state index contributed by atoms with van der Waals surface area (Å²) in [5, 5.41) is 2.90. The minimum absolute atomic E-state index is 0.0322. The molecule has 0 spiro atoms. The Bertz CT molecular complexity index is 588. The van der Waals surface area contributed by atoms with Crippen molar-refractivity contribution in [2.45, 2.75) is 71.6 Å². The van der Waals surface area contributed by atoms with E-state index in [-0.39, 0.29) is 24.4 Å². The fraction of sp³-hybridized carbons (Fsp3) is 0.667. The lowest BCUT2D eigenvalue weighted by Crippen LogP contribution is -2.51. The monoisotopic (exact) mass is 336 g/mol. The topological polar surface area (TPSA) is 71.8 Å². The highest BCUT2D eigenvalue weighted by atomic mass is 16.6. The number of carbonyl (C=O) groups is 2. The third-order valence-corrected chi connectivity index (χ3v) is 4.04. The first kappa shape index (κ1) is 18.4. The van der Waals surface area contributed by atoms with Gasteiger partial charge in [0.1, 0.15) is 17.1 Å². The van der Waals surface area contributed by atoms with Crippen LogP contribution in [0.4, 0.5) is 4.79 Å². The molecule has 0 aromatic carbocycles. The van der Waals surface area contributed by atoms with Gasteiger partial charge in [0.25, 0.3) is 0 Å². The highest BCUT2D eigenvalue weighted by Gasteiger charge is 2.30. The van der Waals surface area contributed by atoms with Gasteiger partial charge in [-0.05, 0) is 59.6 Å². The normalized spacial score (nSPS) is 21.5. The van der Waals surface area contributed by atoms with E-state index in [0.29, 0.717) is 12.3 Å². The molecule has 1 fully saturated rings. The van der Waals surface area contributed by atoms with Crippen LogP contribution >= 0.6 is 0 Å². The predicted molar refractivity (Wildman–Crippen MR) is 90.7 cm³/mol. The second-order valence-corrected chi connectivity index (χ2v) is 7.49. The van der Waals surface area contributed by atoms with Crippen LogP contribution in [0.2, 0.25) is 0 Å². The summed E-state index contributed by atoms with van der Waals surface area (Å²) in [6.45, 7) is 10.0. The van der Waals surface area contributed by atoms with Crippen molar-refractivity contribution in [1.29, 1.82) is 0 Å². The number of rotatable bonds is 3. The largest absolute Gasteiger partial charge is 0.466 e. The molecular formula is C18H28N2O4. The molecule has 2 atom stereocenters. The Morgan fingerprint density at radius 2 is 2.08 bits per heavy atom. The van der Waals surface area contributed by atoms with Crippen LogP contribution in [-0.2, 0) is 16.0 Å². The summed E-state index contributed by atoms with van der Waals surface area (Å²) in [5.74, 6) is 1.57. The van der Waals surface area contributed by atoms with Gasteiger partial charge in [0.15, 0.2) is 0 Å². The van der Waals surface area contributed by atoms with Crippen molar-refractivity contribution in [2.24, 2.45) is 0 Å². The number of piperidine rings is 1. The molecule has 1 aliphatic heterocycles. The fourth-order valence-electron chi connectivity index (χ4n) is 2.98. The molecule has 0 radical (unpaired) electrons. The van der Waals surface area contributed by atoms with Crippen LogP contribution in [0.5, 0.6) is 0 Å². The summed E-state index contributed by atoms with van der Waals surface area (Å²) in [4.78, 5) is 26.2. The van der Waals surface area contributed by atoms with Crippen LogP contribution in [0.15, 0.2) is 16.5 Å². The van der Waals surface area contributed by atoms with Gasteiger partial charge in [0.2, 0.25) is 5.91 Å². The third-order valence-electron chi connectivity index (χ3n) is 4.04. The van der Waals surface area contributed by atoms with Gasteiger partial charge in [-0.15, -0.1) is 0 Å². The predicted octanol–water partition coefficient (Wildman–Crippen LogP) is 3.03. The maximum atomic E-state index is 12.5. The highest BCUT2D eigenvalue weighted by molar-refractivity contribution is 5.78. The Balaban J connectivity index is 1.84. The smallest absolute Gasteiger partial charge is 0.407 e. The van der Waals surface area contributed by atoms with E-state index >= 15 is 0 Å². The number of likely N-dealkylation sites (tertiary alicyclic amines) is 1. The molecule has 0 unspecified atom stereocenters. The molecule has 1 aliphatic rings. The average Bonchev–Trinajstić information content (AvgIpc) is 2.81. The van der Waals surface area contributed by atoms with Crippen LogP contribution < -0.4 is 5.32 Å². The summed E-state index contributed by atoms with van der Waals surface area (Å²) >= 11 is 0. The van der Waals surface area contributed by atoms with Crippen molar-refractivity contribution < 1.29 is 18.7 Å². The van der Waals surface area contributed by atoms with Gasteiger partial charge in [0, 0.05) is 18.6 Å². The molecule has 2 amide bonds. The van der Waals surface area contributed by atoms with Gasteiger partial charge < -0.3 is 19.4 Å². The van der Waals surface area contributed by atoms with Gasteiger partial charge in [0.05, 0.1) is 6.42 Å². The lowest BCUT2D eigenvalue weighted by Gasteiger charge is -2.38. The summed E-state index contributed by atoms with van der Waals surface area (Å²) in [7, 11) is 0. The Kier molecular flexibility index (Phi) is 5.57. The van der Waals surface area contributed by atoms with Gasteiger partial charge in [-0.25, -0.2) is 4.79 Å². The molecule has 1 N–H and O–H groups in total. The summed E-state index contributed by atoms with van der Waals surface area (Å²) in [6, 6.07) is 3.81. The van der Waals surface area contributed by atoms with Gasteiger partial charge in [-0.3, -0.25) is 4.79 Å². The van der Waals surface area contributed by atoms with Crippen molar-refractivity contribution in [3.8, 4) is 0 Å². The number of carbonyl (C=O) groups excluding carboxylic acids is 2. The van der Waals surface area contributed by atoms with Crippen LogP contribution in [0.3, 0.4) is 0 Å². The van der Waals surface area contributed by atoms with Crippen LogP contribution in [-0.4, -0.2) is 41.1 Å². The number of hydrogen-bond acceptors (Lipinski definition) is 4. The SMILES string of the molecule is Cc1ccc(CC(=O)N2CC[C@H](NC(=O)OC(C)(C)C)C[C@H]2C)o1. The number of aryl methyl sites for hydroxylation is 1. The van der Waals surface area contributed by atoms with E-state index in [1.165, 1.54) is 0 Å². The van der Waals surface area contributed by atoms with E-state index in [2.05, 4.69) is 5.32 Å². The first-order valence-electron chi connectivity index (χ1n) is 8.48. The Hall–Kier alpha value is -1.98. The number of ether oxygens (including phenoxy) is 1. The number of nitrogens with zero attached hydrogens (tertiary/aromatic N) is 1. The molecule has 0 aliphatic carbocycles. The van der Waals surface area contributed by atoms with Crippen molar-refractivity contribution in [1.82, 2.24) is 10.2 Å². The van der Waals surface area contributed by atoms with Crippen molar-refractivity contribution in [3.63, 3.8) is 0 Å². The van der Waals surface area contributed by atoms with Crippen molar-refractivity contribution in [3.05, 3.63) is 23.7 Å². The molecule has 134 valence electrons. The Morgan fingerprint density at radius 3 is 2.62 bits per heavy atom.